The number of fused-ring (bicyclic) bond motifs is 1. The van der Waals surface area contributed by atoms with Crippen molar-refractivity contribution >= 4 is 0 Å². The third-order valence-electron chi connectivity index (χ3n) is 3.28. The Morgan fingerprint density at radius 3 is 2.85 bits per heavy atom. The highest BCUT2D eigenvalue weighted by molar-refractivity contribution is 5.63. The van der Waals surface area contributed by atoms with E-state index in [4.69, 9.17) is 15.2 Å². The van der Waals surface area contributed by atoms with Gasteiger partial charge >= 0.3 is 0 Å². The predicted octanol–water partition coefficient (Wildman–Crippen LogP) is 1.46. The molecular weight excluding hydrogens is 256 g/mol. The number of aromatic nitrogens is 3. The molecule has 0 fully saturated rings. The molecule has 6 heteroatoms. The van der Waals surface area contributed by atoms with Crippen LogP contribution in [0.25, 0.3) is 11.3 Å². The van der Waals surface area contributed by atoms with Gasteiger partial charge in [-0.05, 0) is 37.6 Å². The first-order valence-electron chi connectivity index (χ1n) is 6.87. The van der Waals surface area contributed by atoms with E-state index in [-0.39, 0.29) is 0 Å². The molecular formula is C14H18N4O2. The Kier molecular flexibility index (Phi) is 3.83. The highest BCUT2D eigenvalue weighted by Crippen LogP contribution is 2.34. The molecule has 1 aliphatic rings. The summed E-state index contributed by atoms with van der Waals surface area (Å²) in [5.41, 5.74) is 7.54. The maximum Gasteiger partial charge on any atom is 0.162 e. The zero-order chi connectivity index (χ0) is 13.8. The van der Waals surface area contributed by atoms with Crippen LogP contribution in [0.2, 0.25) is 0 Å². The predicted molar refractivity (Wildman–Crippen MR) is 74.7 cm³/mol. The average molecular weight is 274 g/mol. The maximum atomic E-state index is 5.61. The monoisotopic (exact) mass is 274 g/mol. The van der Waals surface area contributed by atoms with E-state index in [0.29, 0.717) is 19.8 Å². The van der Waals surface area contributed by atoms with E-state index >= 15 is 0 Å². The molecule has 0 radical (unpaired) electrons. The first-order chi connectivity index (χ1) is 9.88. The lowest BCUT2D eigenvalue weighted by Crippen LogP contribution is -2.15. The molecule has 0 atom stereocenters. The zero-order valence-corrected chi connectivity index (χ0v) is 11.3. The Morgan fingerprint density at radius 2 is 2.00 bits per heavy atom. The van der Waals surface area contributed by atoms with Gasteiger partial charge in [0, 0.05) is 12.1 Å². The van der Waals surface area contributed by atoms with Crippen molar-refractivity contribution in [1.82, 2.24) is 15.0 Å². The summed E-state index contributed by atoms with van der Waals surface area (Å²) in [6, 6.07) is 5.92. The van der Waals surface area contributed by atoms with Crippen molar-refractivity contribution in [1.29, 1.82) is 0 Å². The molecule has 1 aliphatic heterocycles. The molecule has 6 nitrogen and oxygen atoms in total. The molecule has 2 N–H and O–H groups in total. The van der Waals surface area contributed by atoms with Crippen LogP contribution in [0.5, 0.6) is 11.5 Å². The van der Waals surface area contributed by atoms with Gasteiger partial charge in [0.05, 0.1) is 11.9 Å². The number of hydrogen-bond acceptors (Lipinski definition) is 5. The van der Waals surface area contributed by atoms with Crippen molar-refractivity contribution in [3.63, 3.8) is 0 Å². The molecule has 0 bridgehead atoms. The van der Waals surface area contributed by atoms with Gasteiger partial charge in [-0.25, -0.2) is 4.68 Å². The van der Waals surface area contributed by atoms with Gasteiger partial charge in [0.1, 0.15) is 13.2 Å². The van der Waals surface area contributed by atoms with Gasteiger partial charge in [-0.1, -0.05) is 5.21 Å². The minimum Gasteiger partial charge on any atom is -0.486 e. The van der Waals surface area contributed by atoms with Crippen molar-refractivity contribution < 1.29 is 9.47 Å². The SMILES string of the molecule is NCCCCn1nncc1-c1ccc2c(c1)OCCO2. The highest BCUT2D eigenvalue weighted by atomic mass is 16.6. The summed E-state index contributed by atoms with van der Waals surface area (Å²) in [4.78, 5) is 0. The lowest BCUT2D eigenvalue weighted by Gasteiger charge is -2.18. The number of hydrogen-bond donors (Lipinski definition) is 1. The van der Waals surface area contributed by atoms with E-state index in [2.05, 4.69) is 10.3 Å². The fraction of sp³-hybridized carbons (Fsp3) is 0.429. The smallest absolute Gasteiger partial charge is 0.162 e. The number of unbranched alkanes of at least 4 members (excludes halogenated alkanes) is 1. The summed E-state index contributed by atoms with van der Waals surface area (Å²) < 4.78 is 13.0. The standard InChI is InChI=1S/C14H18N4O2/c15-5-1-2-6-18-12(10-16-17-18)11-3-4-13-14(9-11)20-8-7-19-13/h3-4,9-10H,1-2,5-8,15H2. The number of nitrogens with two attached hydrogens (primary N) is 1. The maximum absolute atomic E-state index is 5.61. The molecule has 20 heavy (non-hydrogen) atoms. The minimum absolute atomic E-state index is 0.588. The van der Waals surface area contributed by atoms with Crippen LogP contribution in [0.3, 0.4) is 0 Å². The Hall–Kier alpha value is -2.08. The Bertz CT molecular complexity index is 582. The summed E-state index contributed by atoms with van der Waals surface area (Å²) in [7, 11) is 0. The Morgan fingerprint density at radius 1 is 1.15 bits per heavy atom. The van der Waals surface area contributed by atoms with E-state index in [0.717, 1.165) is 42.1 Å². The quantitative estimate of drug-likeness (QED) is 0.835. The first-order valence-corrected chi connectivity index (χ1v) is 6.87. The van der Waals surface area contributed by atoms with Gasteiger partial charge in [-0.3, -0.25) is 0 Å². The molecule has 3 rings (SSSR count). The third kappa shape index (κ3) is 2.60. The lowest BCUT2D eigenvalue weighted by molar-refractivity contribution is 0.171. The van der Waals surface area contributed by atoms with Crippen LogP contribution in [0.15, 0.2) is 24.4 Å². The average Bonchev–Trinajstić information content (AvgIpc) is 2.95. The normalized spacial score (nSPS) is 13.4. The summed E-state index contributed by atoms with van der Waals surface area (Å²) in [5.74, 6) is 1.57. The number of ether oxygens (including phenoxy) is 2. The molecule has 2 heterocycles. The van der Waals surface area contributed by atoms with Gasteiger partial charge in [0.15, 0.2) is 11.5 Å². The van der Waals surface area contributed by atoms with Crippen molar-refractivity contribution in [2.75, 3.05) is 19.8 Å². The van der Waals surface area contributed by atoms with Crippen LogP contribution in [-0.4, -0.2) is 34.8 Å². The third-order valence-corrected chi connectivity index (χ3v) is 3.28. The Labute approximate surface area is 117 Å². The number of benzene rings is 1. The molecule has 0 aliphatic carbocycles. The van der Waals surface area contributed by atoms with Crippen molar-refractivity contribution in [2.24, 2.45) is 5.73 Å². The fourth-order valence-corrected chi connectivity index (χ4v) is 2.25. The molecule has 0 spiro atoms. The largest absolute Gasteiger partial charge is 0.486 e. The molecule has 1 aromatic heterocycles. The lowest BCUT2D eigenvalue weighted by atomic mass is 10.1. The number of rotatable bonds is 5. The van der Waals surface area contributed by atoms with Gasteiger partial charge in [-0.15, -0.1) is 5.10 Å². The summed E-state index contributed by atoms with van der Waals surface area (Å²) in [5, 5.41) is 8.13. The van der Waals surface area contributed by atoms with Crippen molar-refractivity contribution in [3.05, 3.63) is 24.4 Å². The number of nitrogens with zero attached hydrogens (tertiary/aromatic N) is 3. The van der Waals surface area contributed by atoms with Crippen LogP contribution in [0, 0.1) is 0 Å². The minimum atomic E-state index is 0.588. The molecule has 0 amide bonds. The van der Waals surface area contributed by atoms with E-state index in [9.17, 15) is 0 Å². The van der Waals surface area contributed by atoms with Crippen molar-refractivity contribution in [2.45, 2.75) is 19.4 Å². The van der Waals surface area contributed by atoms with Crippen LogP contribution < -0.4 is 15.2 Å². The summed E-state index contributed by atoms with van der Waals surface area (Å²) in [6.07, 6.45) is 3.76. The molecule has 0 unspecified atom stereocenters. The Balaban J connectivity index is 1.84. The highest BCUT2D eigenvalue weighted by Gasteiger charge is 2.14. The molecule has 106 valence electrons. The van der Waals surface area contributed by atoms with Gasteiger partial charge in [0.25, 0.3) is 0 Å². The second-order valence-corrected chi connectivity index (χ2v) is 4.70. The summed E-state index contributed by atoms with van der Waals surface area (Å²) >= 11 is 0. The summed E-state index contributed by atoms with van der Waals surface area (Å²) in [6.45, 7) is 2.71. The van der Waals surface area contributed by atoms with E-state index in [1.54, 1.807) is 6.20 Å². The fourth-order valence-electron chi connectivity index (χ4n) is 2.25. The molecule has 0 saturated carbocycles. The first kappa shape index (κ1) is 12.9. The van der Waals surface area contributed by atoms with Crippen LogP contribution >= 0.6 is 0 Å². The van der Waals surface area contributed by atoms with E-state index in [1.165, 1.54) is 0 Å². The second-order valence-electron chi connectivity index (χ2n) is 4.70. The molecule has 1 aromatic carbocycles. The van der Waals surface area contributed by atoms with E-state index in [1.807, 2.05) is 22.9 Å². The van der Waals surface area contributed by atoms with Gasteiger partial charge in [0.2, 0.25) is 0 Å². The van der Waals surface area contributed by atoms with Crippen LogP contribution in [-0.2, 0) is 6.54 Å². The van der Waals surface area contributed by atoms with Gasteiger partial charge in [-0.2, -0.15) is 0 Å². The topological polar surface area (TPSA) is 75.2 Å². The van der Waals surface area contributed by atoms with Crippen molar-refractivity contribution in [3.8, 4) is 22.8 Å². The molecule has 0 saturated heterocycles. The molecule has 2 aromatic rings. The van der Waals surface area contributed by atoms with Crippen LogP contribution in [0.1, 0.15) is 12.8 Å². The second kappa shape index (κ2) is 5.92. The zero-order valence-electron chi connectivity index (χ0n) is 11.3. The van der Waals surface area contributed by atoms with E-state index < -0.39 is 0 Å². The number of aryl methyl sites for hydroxylation is 1. The van der Waals surface area contributed by atoms with Crippen LogP contribution in [0.4, 0.5) is 0 Å². The van der Waals surface area contributed by atoms with Gasteiger partial charge < -0.3 is 15.2 Å².